The molecule has 1 saturated heterocycles. The van der Waals surface area contributed by atoms with Crippen LogP contribution in [0, 0.1) is 11.3 Å². The van der Waals surface area contributed by atoms with Crippen LogP contribution in [0.25, 0.3) is 0 Å². The minimum atomic E-state index is -1.25. The van der Waals surface area contributed by atoms with Gasteiger partial charge < -0.3 is 10.0 Å². The number of halogens is 1. The minimum absolute atomic E-state index is 0.0309. The van der Waals surface area contributed by atoms with Crippen LogP contribution in [-0.4, -0.2) is 34.6 Å². The Bertz CT molecular complexity index is 576. The van der Waals surface area contributed by atoms with Crippen molar-refractivity contribution in [2.45, 2.75) is 32.0 Å². The first-order chi connectivity index (χ1) is 9.95. The van der Waals surface area contributed by atoms with E-state index in [2.05, 4.69) is 0 Å². The van der Waals surface area contributed by atoms with E-state index in [1.54, 1.807) is 4.90 Å². The Labute approximate surface area is 122 Å². The number of amides is 1. The van der Waals surface area contributed by atoms with E-state index in [4.69, 9.17) is 0 Å². The fraction of sp³-hybridized carbons (Fsp3) is 0.500. The molecule has 1 N–H and O–H groups in total. The Morgan fingerprint density at radius 1 is 1.43 bits per heavy atom. The van der Waals surface area contributed by atoms with Crippen molar-refractivity contribution in [3.63, 3.8) is 0 Å². The molecule has 1 amide bonds. The number of rotatable bonds is 3. The summed E-state index contributed by atoms with van der Waals surface area (Å²) in [6.07, 6.45) is -1.22. The number of likely N-dealkylation sites (tertiary alicyclic amines) is 1. The maximum absolute atomic E-state index is 13.6. The largest absolute Gasteiger partial charge is 0.481 e. The number of carboxylic acids is 1. The van der Waals surface area contributed by atoms with Crippen molar-refractivity contribution >= 4 is 11.9 Å². The molecule has 1 aliphatic carbocycles. The highest BCUT2D eigenvalue weighted by Crippen LogP contribution is 2.52. The summed E-state index contributed by atoms with van der Waals surface area (Å²) < 4.78 is 13.6. The van der Waals surface area contributed by atoms with E-state index in [9.17, 15) is 19.1 Å². The zero-order valence-corrected chi connectivity index (χ0v) is 11.8. The number of hydrogen-bond donors (Lipinski definition) is 1. The highest BCUT2D eigenvalue weighted by molar-refractivity contribution is 5.92. The highest BCUT2D eigenvalue weighted by Gasteiger charge is 2.63. The molecule has 2 aliphatic rings. The van der Waals surface area contributed by atoms with Crippen molar-refractivity contribution in [1.29, 1.82) is 0 Å². The van der Waals surface area contributed by atoms with Crippen LogP contribution in [-0.2, 0) is 9.59 Å². The number of benzene rings is 1. The van der Waals surface area contributed by atoms with Gasteiger partial charge in [-0.1, -0.05) is 30.3 Å². The number of fused-ring (bicyclic) bond motifs is 1. The van der Waals surface area contributed by atoms with Gasteiger partial charge >= 0.3 is 5.97 Å². The van der Waals surface area contributed by atoms with Gasteiger partial charge in [0.2, 0.25) is 5.91 Å². The molecule has 0 spiro atoms. The van der Waals surface area contributed by atoms with Gasteiger partial charge in [-0.05, 0) is 25.3 Å². The third-order valence-electron chi connectivity index (χ3n) is 4.95. The van der Waals surface area contributed by atoms with Crippen molar-refractivity contribution in [3.8, 4) is 0 Å². The monoisotopic (exact) mass is 291 g/mol. The quantitative estimate of drug-likeness (QED) is 0.930. The maximum Gasteiger partial charge on any atom is 0.312 e. The van der Waals surface area contributed by atoms with Crippen LogP contribution in [0.4, 0.5) is 4.39 Å². The SMILES string of the molecule is C[C@H](c1ccccc1)N1C[C@@]2(C(=O)O)CC(F)C[C@H]2C1=O. The average molecular weight is 291 g/mol. The molecule has 112 valence electrons. The summed E-state index contributed by atoms with van der Waals surface area (Å²) >= 11 is 0. The molecule has 1 heterocycles. The lowest BCUT2D eigenvalue weighted by Gasteiger charge is -2.28. The lowest BCUT2D eigenvalue weighted by Crippen LogP contribution is -2.36. The van der Waals surface area contributed by atoms with Gasteiger partial charge in [-0.2, -0.15) is 0 Å². The number of alkyl halides is 1. The lowest BCUT2D eigenvalue weighted by molar-refractivity contribution is -0.150. The van der Waals surface area contributed by atoms with Crippen LogP contribution in [0.5, 0.6) is 0 Å². The molecule has 1 saturated carbocycles. The van der Waals surface area contributed by atoms with Crippen LogP contribution in [0.2, 0.25) is 0 Å². The Morgan fingerprint density at radius 2 is 2.10 bits per heavy atom. The molecule has 4 nitrogen and oxygen atoms in total. The predicted octanol–water partition coefficient (Wildman–Crippen LogP) is 2.41. The van der Waals surface area contributed by atoms with E-state index < -0.39 is 23.5 Å². The number of carbonyl (C=O) groups excluding carboxylic acids is 1. The number of carboxylic acid groups (broad SMARTS) is 1. The summed E-state index contributed by atoms with van der Waals surface area (Å²) in [6.45, 7) is 1.99. The second kappa shape index (κ2) is 4.83. The molecule has 0 radical (unpaired) electrons. The van der Waals surface area contributed by atoms with E-state index >= 15 is 0 Å². The molecular formula is C16H18FNO3. The van der Waals surface area contributed by atoms with E-state index in [1.165, 1.54) is 0 Å². The predicted molar refractivity (Wildman–Crippen MR) is 74.3 cm³/mol. The standard InChI is InChI=1S/C16H18FNO3/c1-10(11-5-3-2-4-6-11)18-9-16(15(20)21)8-12(17)7-13(16)14(18)19/h2-6,10,12-13H,7-9H2,1H3,(H,20,21)/t10-,12?,13+,16+/m1/s1. The van der Waals surface area contributed by atoms with Crippen molar-refractivity contribution < 1.29 is 19.1 Å². The van der Waals surface area contributed by atoms with E-state index in [0.29, 0.717) is 0 Å². The Hall–Kier alpha value is -1.91. The number of hydrogen-bond acceptors (Lipinski definition) is 2. The Morgan fingerprint density at radius 3 is 2.67 bits per heavy atom. The number of carbonyl (C=O) groups is 2. The van der Waals surface area contributed by atoms with E-state index in [-0.39, 0.29) is 31.3 Å². The average Bonchev–Trinajstić information content (AvgIpc) is 2.94. The van der Waals surface area contributed by atoms with Crippen LogP contribution in [0.3, 0.4) is 0 Å². The maximum atomic E-state index is 13.6. The molecule has 5 heteroatoms. The third-order valence-corrected chi connectivity index (χ3v) is 4.95. The fourth-order valence-corrected chi connectivity index (χ4v) is 3.74. The van der Waals surface area contributed by atoms with Gasteiger partial charge in [-0.25, -0.2) is 4.39 Å². The van der Waals surface area contributed by atoms with Crippen molar-refractivity contribution in [3.05, 3.63) is 35.9 Å². The van der Waals surface area contributed by atoms with Crippen molar-refractivity contribution in [2.75, 3.05) is 6.54 Å². The third kappa shape index (κ3) is 2.03. The zero-order chi connectivity index (χ0) is 15.2. The first-order valence-corrected chi connectivity index (χ1v) is 7.18. The van der Waals surface area contributed by atoms with Crippen molar-refractivity contribution in [1.82, 2.24) is 4.90 Å². The van der Waals surface area contributed by atoms with Gasteiger partial charge in [-0.3, -0.25) is 9.59 Å². The van der Waals surface area contributed by atoms with Crippen LogP contribution in [0.15, 0.2) is 30.3 Å². The summed E-state index contributed by atoms with van der Waals surface area (Å²) in [7, 11) is 0. The van der Waals surface area contributed by atoms with E-state index in [1.807, 2.05) is 37.3 Å². The van der Waals surface area contributed by atoms with Gasteiger partial charge in [0.15, 0.2) is 0 Å². The second-order valence-corrected chi connectivity index (χ2v) is 6.10. The Kier molecular flexibility index (Phi) is 3.23. The van der Waals surface area contributed by atoms with Crippen LogP contribution in [0.1, 0.15) is 31.4 Å². The van der Waals surface area contributed by atoms with Crippen LogP contribution >= 0.6 is 0 Å². The summed E-state index contributed by atoms with van der Waals surface area (Å²) in [4.78, 5) is 25.8. The lowest BCUT2D eigenvalue weighted by atomic mass is 9.80. The van der Waals surface area contributed by atoms with Gasteiger partial charge in [0.25, 0.3) is 0 Å². The van der Waals surface area contributed by atoms with Gasteiger partial charge in [0.05, 0.1) is 17.4 Å². The summed E-state index contributed by atoms with van der Waals surface area (Å²) in [5, 5.41) is 9.53. The topological polar surface area (TPSA) is 57.6 Å². The molecule has 3 rings (SSSR count). The molecule has 0 aromatic heterocycles. The summed E-state index contributed by atoms with van der Waals surface area (Å²) in [6, 6.07) is 9.30. The Balaban J connectivity index is 1.91. The highest BCUT2D eigenvalue weighted by atomic mass is 19.1. The molecule has 21 heavy (non-hydrogen) atoms. The van der Waals surface area contributed by atoms with E-state index in [0.717, 1.165) is 5.56 Å². The van der Waals surface area contributed by atoms with Crippen molar-refractivity contribution in [2.24, 2.45) is 11.3 Å². The van der Waals surface area contributed by atoms with Gasteiger partial charge in [-0.15, -0.1) is 0 Å². The number of nitrogens with zero attached hydrogens (tertiary/aromatic N) is 1. The second-order valence-electron chi connectivity index (χ2n) is 6.10. The van der Waals surface area contributed by atoms with Gasteiger partial charge in [0, 0.05) is 6.54 Å². The molecular weight excluding hydrogens is 273 g/mol. The molecule has 0 bridgehead atoms. The zero-order valence-electron chi connectivity index (χ0n) is 11.8. The molecule has 1 aromatic rings. The van der Waals surface area contributed by atoms with Crippen LogP contribution < -0.4 is 0 Å². The normalized spacial score (nSPS) is 33.0. The fourth-order valence-electron chi connectivity index (χ4n) is 3.74. The molecule has 1 aromatic carbocycles. The summed E-state index contributed by atoms with van der Waals surface area (Å²) in [5.74, 6) is -2.01. The smallest absolute Gasteiger partial charge is 0.312 e. The first-order valence-electron chi connectivity index (χ1n) is 7.18. The minimum Gasteiger partial charge on any atom is -0.481 e. The summed E-state index contributed by atoms with van der Waals surface area (Å²) in [5.41, 5.74) is -0.289. The number of aliphatic carboxylic acids is 1. The molecule has 1 aliphatic heterocycles. The first kappa shape index (κ1) is 14.0. The molecule has 4 atom stereocenters. The molecule has 2 fully saturated rings. The van der Waals surface area contributed by atoms with Gasteiger partial charge in [0.1, 0.15) is 6.17 Å². The molecule has 1 unspecified atom stereocenters.